The molecule has 0 radical (unpaired) electrons. The highest BCUT2D eigenvalue weighted by Gasteiger charge is 2.19. The fourth-order valence-electron chi connectivity index (χ4n) is 1.41. The maximum absolute atomic E-state index is 11.2. The van der Waals surface area contributed by atoms with E-state index in [9.17, 15) is 4.79 Å². The maximum Gasteiger partial charge on any atom is 0.234 e. The molecule has 1 aromatic rings. The van der Waals surface area contributed by atoms with Crippen LogP contribution in [0.3, 0.4) is 0 Å². The number of amides is 1. The number of hydrazine groups is 1. The Morgan fingerprint density at radius 3 is 2.50 bits per heavy atom. The fourth-order valence-corrected chi connectivity index (χ4v) is 1.41. The Kier molecular flexibility index (Phi) is 4.28. The van der Waals surface area contributed by atoms with Crippen molar-refractivity contribution in [1.29, 1.82) is 0 Å². The third-order valence-corrected chi connectivity index (χ3v) is 2.26. The molecule has 1 unspecified atom stereocenters. The van der Waals surface area contributed by atoms with Crippen LogP contribution in [-0.4, -0.2) is 11.7 Å². The van der Waals surface area contributed by atoms with Gasteiger partial charge in [-0.2, -0.15) is 5.10 Å². The van der Waals surface area contributed by atoms with E-state index in [0.29, 0.717) is 0 Å². The summed E-state index contributed by atoms with van der Waals surface area (Å²) in [6.07, 6.45) is 0.118. The smallest absolute Gasteiger partial charge is 0.234 e. The van der Waals surface area contributed by atoms with Crippen LogP contribution in [0.2, 0.25) is 0 Å². The highest BCUT2D eigenvalue weighted by atomic mass is 16.2. The van der Waals surface area contributed by atoms with Gasteiger partial charge in [0.05, 0.1) is 5.92 Å². The first-order valence-electron chi connectivity index (χ1n) is 4.76. The first-order chi connectivity index (χ1) is 7.69. The van der Waals surface area contributed by atoms with E-state index < -0.39 is 0 Å². The molecule has 0 aliphatic rings. The third kappa shape index (κ3) is 2.96. The van der Waals surface area contributed by atoms with Crippen LogP contribution in [0.5, 0.6) is 0 Å². The molecule has 0 aliphatic heterocycles. The average molecular weight is 221 g/mol. The summed E-state index contributed by atoms with van der Waals surface area (Å²) in [5.41, 5.74) is 8.58. The molecule has 86 valence electrons. The number of carbonyl (C=O) groups is 1. The average Bonchev–Trinajstić information content (AvgIpc) is 2.35. The van der Waals surface area contributed by atoms with Gasteiger partial charge in [-0.15, -0.1) is 0 Å². The normalized spacial score (nSPS) is 13.2. The molecule has 0 heterocycles. The summed E-state index contributed by atoms with van der Waals surface area (Å²) < 4.78 is 0. The van der Waals surface area contributed by atoms with E-state index in [1.54, 1.807) is 0 Å². The molecular weight excluding hydrogens is 206 g/mol. The van der Waals surface area contributed by atoms with E-state index in [2.05, 4.69) is 10.5 Å². The van der Waals surface area contributed by atoms with Crippen LogP contribution in [0.1, 0.15) is 17.9 Å². The summed E-state index contributed by atoms with van der Waals surface area (Å²) in [7, 11) is 0. The number of rotatable bonds is 4. The van der Waals surface area contributed by atoms with Gasteiger partial charge in [0.15, 0.2) is 0 Å². The minimum atomic E-state index is -0.352. The Hall–Kier alpha value is -2.08. The van der Waals surface area contributed by atoms with Crippen LogP contribution in [0, 0.1) is 0 Å². The van der Waals surface area contributed by atoms with Gasteiger partial charge in [0, 0.05) is 6.42 Å². The van der Waals surface area contributed by atoms with Gasteiger partial charge in [0.25, 0.3) is 0 Å². The number of nitrogens with zero attached hydrogens (tertiary/aromatic N) is 1. The molecule has 7 N–H and O–H groups in total. The lowest BCUT2D eigenvalue weighted by Gasteiger charge is -2.15. The maximum atomic E-state index is 11.2. The highest BCUT2D eigenvalue weighted by Crippen LogP contribution is 2.19. The van der Waals surface area contributed by atoms with E-state index in [-0.39, 0.29) is 24.1 Å². The second kappa shape index (κ2) is 5.72. The molecule has 0 aliphatic carbocycles. The predicted molar refractivity (Wildman–Crippen MR) is 61.9 cm³/mol. The Labute approximate surface area is 93.5 Å². The van der Waals surface area contributed by atoms with Crippen molar-refractivity contribution in [3.63, 3.8) is 0 Å². The zero-order valence-corrected chi connectivity index (χ0v) is 8.76. The number of benzene rings is 1. The summed E-state index contributed by atoms with van der Waals surface area (Å²) in [4.78, 5) is 11.2. The van der Waals surface area contributed by atoms with Crippen molar-refractivity contribution < 1.29 is 4.79 Å². The molecule has 1 atom stereocenters. The summed E-state index contributed by atoms with van der Waals surface area (Å²) in [5.74, 6) is 9.69. The number of nitrogens with one attached hydrogen (secondary N) is 1. The van der Waals surface area contributed by atoms with E-state index in [0.717, 1.165) is 5.56 Å². The summed E-state index contributed by atoms with van der Waals surface area (Å²) in [6, 6.07) is 9.29. The molecule has 0 spiro atoms. The van der Waals surface area contributed by atoms with Crippen molar-refractivity contribution in [3.8, 4) is 0 Å². The van der Waals surface area contributed by atoms with Gasteiger partial charge < -0.3 is 11.6 Å². The lowest BCUT2D eigenvalue weighted by Crippen LogP contribution is -2.34. The number of amidine groups is 1. The second-order valence-corrected chi connectivity index (χ2v) is 3.29. The number of carbonyl (C=O) groups excluding carboxylic acids is 1. The van der Waals surface area contributed by atoms with E-state index in [4.69, 9.17) is 17.4 Å². The number of hydrogen-bond donors (Lipinski definition) is 4. The van der Waals surface area contributed by atoms with Crippen molar-refractivity contribution >= 4 is 11.7 Å². The second-order valence-electron chi connectivity index (χ2n) is 3.29. The van der Waals surface area contributed by atoms with Crippen LogP contribution in [-0.2, 0) is 4.79 Å². The quantitative estimate of drug-likeness (QED) is 0.178. The molecule has 0 saturated carbocycles. The Bertz CT molecular complexity index is 376. The zero-order chi connectivity index (χ0) is 12.0. The van der Waals surface area contributed by atoms with Crippen LogP contribution in [0.4, 0.5) is 0 Å². The van der Waals surface area contributed by atoms with E-state index in [1.807, 2.05) is 30.3 Å². The molecule has 6 heteroatoms. The van der Waals surface area contributed by atoms with E-state index >= 15 is 0 Å². The minimum Gasteiger partial charge on any atom is -0.385 e. The van der Waals surface area contributed by atoms with Crippen molar-refractivity contribution in [2.24, 2.45) is 22.5 Å². The van der Waals surface area contributed by atoms with Crippen LogP contribution in [0.25, 0.3) is 0 Å². The lowest BCUT2D eigenvalue weighted by atomic mass is 9.94. The third-order valence-electron chi connectivity index (χ3n) is 2.26. The predicted octanol–water partition coefficient (Wildman–Crippen LogP) is -0.619. The van der Waals surface area contributed by atoms with Gasteiger partial charge in [0.1, 0.15) is 5.84 Å². The SMILES string of the molecule is N/N=C(/N)C(CC(=O)NN)c1ccccc1. The Morgan fingerprint density at radius 2 is 2.00 bits per heavy atom. The Balaban J connectivity index is 2.93. The van der Waals surface area contributed by atoms with Gasteiger partial charge >= 0.3 is 0 Å². The number of hydrazone groups is 1. The molecule has 1 amide bonds. The summed E-state index contributed by atoms with van der Waals surface area (Å²) >= 11 is 0. The van der Waals surface area contributed by atoms with Gasteiger partial charge in [-0.05, 0) is 5.56 Å². The summed E-state index contributed by atoms with van der Waals surface area (Å²) in [6.45, 7) is 0. The molecule has 0 saturated heterocycles. The highest BCUT2D eigenvalue weighted by molar-refractivity contribution is 5.91. The zero-order valence-electron chi connectivity index (χ0n) is 8.76. The van der Waals surface area contributed by atoms with Crippen LogP contribution >= 0.6 is 0 Å². The van der Waals surface area contributed by atoms with Gasteiger partial charge in [-0.3, -0.25) is 10.2 Å². The molecule has 16 heavy (non-hydrogen) atoms. The lowest BCUT2D eigenvalue weighted by molar-refractivity contribution is -0.121. The Morgan fingerprint density at radius 1 is 1.38 bits per heavy atom. The van der Waals surface area contributed by atoms with Crippen molar-refractivity contribution in [3.05, 3.63) is 35.9 Å². The number of nitrogens with two attached hydrogens (primary N) is 3. The molecule has 1 aromatic carbocycles. The van der Waals surface area contributed by atoms with Crippen LogP contribution in [0.15, 0.2) is 35.4 Å². The standard InChI is InChI=1S/C10H15N5O/c11-10(15-13)8(6-9(16)14-12)7-4-2-1-3-5-7/h1-5,8H,6,12-13H2,(H2,11,15)(H,14,16). The molecule has 1 rings (SSSR count). The van der Waals surface area contributed by atoms with Crippen molar-refractivity contribution in [2.75, 3.05) is 0 Å². The van der Waals surface area contributed by atoms with Gasteiger partial charge in [-0.1, -0.05) is 30.3 Å². The fraction of sp³-hybridized carbons (Fsp3) is 0.200. The minimum absolute atomic E-state index is 0.118. The first kappa shape index (κ1) is 12.0. The molecule has 0 bridgehead atoms. The molecular formula is C10H15N5O. The van der Waals surface area contributed by atoms with Crippen molar-refractivity contribution in [1.82, 2.24) is 5.43 Å². The number of hydrogen-bond acceptors (Lipinski definition) is 4. The van der Waals surface area contributed by atoms with Crippen molar-refractivity contribution in [2.45, 2.75) is 12.3 Å². The molecule has 6 nitrogen and oxygen atoms in total. The summed E-state index contributed by atoms with van der Waals surface area (Å²) in [5, 5.41) is 3.43. The monoisotopic (exact) mass is 221 g/mol. The van der Waals surface area contributed by atoms with E-state index in [1.165, 1.54) is 0 Å². The topological polar surface area (TPSA) is 120 Å². The van der Waals surface area contributed by atoms with Crippen LogP contribution < -0.4 is 22.8 Å². The van der Waals surface area contributed by atoms with Gasteiger partial charge in [0.2, 0.25) is 5.91 Å². The molecule has 0 aromatic heterocycles. The largest absolute Gasteiger partial charge is 0.385 e. The molecule has 0 fully saturated rings. The first-order valence-corrected chi connectivity index (χ1v) is 4.76. The van der Waals surface area contributed by atoms with Gasteiger partial charge in [-0.25, -0.2) is 5.84 Å².